The van der Waals surface area contributed by atoms with E-state index in [4.69, 9.17) is 0 Å². The lowest BCUT2D eigenvalue weighted by atomic mass is 10.2. The molecule has 1 aliphatic rings. The van der Waals surface area contributed by atoms with Crippen LogP contribution in [0.4, 0.5) is 0 Å². The molecule has 24 heavy (non-hydrogen) atoms. The number of nitrogens with zero attached hydrogens (tertiary/aromatic N) is 3. The zero-order valence-electron chi connectivity index (χ0n) is 13.3. The lowest BCUT2D eigenvalue weighted by molar-refractivity contribution is 0.0956. The van der Waals surface area contributed by atoms with Crippen molar-refractivity contribution >= 4 is 15.9 Å². The summed E-state index contributed by atoms with van der Waals surface area (Å²) in [6, 6.07) is 7.02. The number of pyridine rings is 1. The normalized spacial score (nSPS) is 15.5. The summed E-state index contributed by atoms with van der Waals surface area (Å²) < 4.78 is 27.5. The fourth-order valence-corrected chi connectivity index (χ4v) is 4.11. The number of carbonyl (C=O) groups excluding carboxylic acids is 1. The molecule has 0 saturated carbocycles. The average Bonchev–Trinajstić information content (AvgIpc) is 3.28. The minimum atomic E-state index is -3.28. The molecule has 0 unspecified atom stereocenters. The minimum Gasteiger partial charge on any atom is -0.351 e. The lowest BCUT2D eigenvalue weighted by Gasteiger charge is -2.15. The Morgan fingerprint density at radius 3 is 2.62 bits per heavy atom. The van der Waals surface area contributed by atoms with Crippen molar-refractivity contribution in [3.8, 4) is 5.82 Å². The van der Waals surface area contributed by atoms with Crippen molar-refractivity contribution in [2.75, 3.05) is 25.4 Å². The largest absolute Gasteiger partial charge is 0.351 e. The van der Waals surface area contributed by atoms with Crippen LogP contribution in [-0.2, 0) is 10.0 Å². The quantitative estimate of drug-likeness (QED) is 0.845. The van der Waals surface area contributed by atoms with Crippen LogP contribution in [0.25, 0.3) is 5.82 Å². The van der Waals surface area contributed by atoms with Gasteiger partial charge in [0.05, 0.1) is 5.75 Å². The smallest absolute Gasteiger partial charge is 0.251 e. The summed E-state index contributed by atoms with van der Waals surface area (Å²) in [5, 5.41) is 2.67. The first-order valence-electron chi connectivity index (χ1n) is 7.92. The topological polar surface area (TPSA) is 84.3 Å². The maximum atomic E-state index is 12.2. The SMILES string of the molecule is O=C(NCCS(=O)(=O)N1CCCC1)c1ccnc(-n2cccc2)c1. The molecule has 3 heterocycles. The van der Waals surface area contributed by atoms with Crippen LogP contribution in [0.1, 0.15) is 23.2 Å². The van der Waals surface area contributed by atoms with Gasteiger partial charge in [0, 0.05) is 43.8 Å². The van der Waals surface area contributed by atoms with E-state index in [1.165, 1.54) is 4.31 Å². The number of nitrogens with one attached hydrogen (secondary N) is 1. The summed E-state index contributed by atoms with van der Waals surface area (Å²) in [6.45, 7) is 1.26. The van der Waals surface area contributed by atoms with Crippen LogP contribution in [0.3, 0.4) is 0 Å². The first-order chi connectivity index (χ1) is 11.6. The third-order valence-electron chi connectivity index (χ3n) is 3.98. The van der Waals surface area contributed by atoms with Gasteiger partial charge < -0.3 is 9.88 Å². The zero-order valence-corrected chi connectivity index (χ0v) is 14.1. The number of carbonyl (C=O) groups is 1. The highest BCUT2D eigenvalue weighted by atomic mass is 32.2. The van der Waals surface area contributed by atoms with Gasteiger partial charge in [-0.1, -0.05) is 0 Å². The Labute approximate surface area is 141 Å². The Morgan fingerprint density at radius 2 is 1.92 bits per heavy atom. The number of amides is 1. The van der Waals surface area contributed by atoms with Crippen LogP contribution < -0.4 is 5.32 Å². The van der Waals surface area contributed by atoms with Gasteiger partial charge in [-0.25, -0.2) is 17.7 Å². The molecule has 1 aliphatic heterocycles. The van der Waals surface area contributed by atoms with Crippen molar-refractivity contribution in [1.82, 2.24) is 19.2 Å². The Morgan fingerprint density at radius 1 is 1.21 bits per heavy atom. The van der Waals surface area contributed by atoms with E-state index in [2.05, 4.69) is 10.3 Å². The van der Waals surface area contributed by atoms with Crippen molar-refractivity contribution in [2.45, 2.75) is 12.8 Å². The molecule has 0 bridgehead atoms. The zero-order chi connectivity index (χ0) is 17.0. The van der Waals surface area contributed by atoms with Crippen LogP contribution in [-0.4, -0.2) is 53.6 Å². The maximum Gasteiger partial charge on any atom is 0.251 e. The molecule has 2 aromatic rings. The Bertz CT molecular complexity index is 796. The predicted molar refractivity (Wildman–Crippen MR) is 90.5 cm³/mol. The lowest BCUT2D eigenvalue weighted by Crippen LogP contribution is -2.36. The van der Waals surface area contributed by atoms with Crippen LogP contribution in [0.15, 0.2) is 42.9 Å². The maximum absolute atomic E-state index is 12.2. The fourth-order valence-electron chi connectivity index (χ4n) is 2.68. The average molecular weight is 348 g/mol. The molecule has 0 spiro atoms. The first kappa shape index (κ1) is 16.7. The molecule has 0 aliphatic carbocycles. The van der Waals surface area contributed by atoms with Crippen molar-refractivity contribution in [3.63, 3.8) is 0 Å². The van der Waals surface area contributed by atoms with Gasteiger partial charge in [-0.05, 0) is 37.1 Å². The second-order valence-corrected chi connectivity index (χ2v) is 7.76. The van der Waals surface area contributed by atoms with E-state index in [1.807, 2.05) is 24.5 Å². The van der Waals surface area contributed by atoms with E-state index in [1.54, 1.807) is 22.9 Å². The van der Waals surface area contributed by atoms with Crippen LogP contribution in [0.5, 0.6) is 0 Å². The summed E-state index contributed by atoms with van der Waals surface area (Å²) in [5.41, 5.74) is 0.451. The molecule has 3 rings (SSSR count). The van der Waals surface area contributed by atoms with Crippen molar-refractivity contribution in [1.29, 1.82) is 0 Å². The Balaban J connectivity index is 1.58. The van der Waals surface area contributed by atoms with Gasteiger partial charge in [0.25, 0.3) is 5.91 Å². The highest BCUT2D eigenvalue weighted by molar-refractivity contribution is 7.89. The first-order valence-corrected chi connectivity index (χ1v) is 9.53. The third kappa shape index (κ3) is 3.82. The van der Waals surface area contributed by atoms with Gasteiger partial charge >= 0.3 is 0 Å². The molecular weight excluding hydrogens is 328 g/mol. The predicted octanol–water partition coefficient (Wildman–Crippen LogP) is 1.03. The molecule has 2 aromatic heterocycles. The van der Waals surface area contributed by atoms with E-state index in [9.17, 15) is 13.2 Å². The second-order valence-electron chi connectivity index (χ2n) is 5.67. The minimum absolute atomic E-state index is 0.0751. The van der Waals surface area contributed by atoms with Crippen molar-refractivity contribution < 1.29 is 13.2 Å². The standard InChI is InChI=1S/C16H20N4O3S/c21-16(18-7-12-24(22,23)20-10-3-4-11-20)14-5-6-17-15(13-14)19-8-1-2-9-19/h1-2,5-6,8-9,13H,3-4,7,10-12H2,(H,18,21). The van der Waals surface area contributed by atoms with Gasteiger partial charge in [0.2, 0.25) is 10.0 Å². The molecule has 1 fully saturated rings. The third-order valence-corrected chi connectivity index (χ3v) is 5.85. The van der Waals surface area contributed by atoms with Crippen LogP contribution in [0.2, 0.25) is 0 Å². The highest BCUT2D eigenvalue weighted by Crippen LogP contribution is 2.13. The molecule has 1 saturated heterocycles. The molecule has 1 N–H and O–H groups in total. The summed E-state index contributed by atoms with van der Waals surface area (Å²) in [6.07, 6.45) is 7.06. The molecule has 1 amide bonds. The molecule has 0 aromatic carbocycles. The summed E-state index contributed by atoms with van der Waals surface area (Å²) in [7, 11) is -3.28. The molecule has 128 valence electrons. The molecular formula is C16H20N4O3S. The van der Waals surface area contributed by atoms with Gasteiger partial charge in [0.15, 0.2) is 0 Å². The number of rotatable bonds is 6. The number of hydrogen-bond donors (Lipinski definition) is 1. The molecule has 0 atom stereocenters. The van der Waals surface area contributed by atoms with Crippen molar-refractivity contribution in [2.24, 2.45) is 0 Å². The number of sulfonamides is 1. The number of hydrogen-bond acceptors (Lipinski definition) is 4. The van der Waals surface area contributed by atoms with E-state index >= 15 is 0 Å². The summed E-state index contributed by atoms with van der Waals surface area (Å²) in [5.74, 6) is 0.258. The van der Waals surface area contributed by atoms with E-state index in [0.29, 0.717) is 24.5 Å². The number of aromatic nitrogens is 2. The van der Waals surface area contributed by atoms with Gasteiger partial charge in [-0.15, -0.1) is 0 Å². The van der Waals surface area contributed by atoms with Crippen LogP contribution >= 0.6 is 0 Å². The molecule has 8 heteroatoms. The van der Waals surface area contributed by atoms with Gasteiger partial charge in [-0.3, -0.25) is 4.79 Å². The van der Waals surface area contributed by atoms with E-state index < -0.39 is 10.0 Å². The Kier molecular flexibility index (Phi) is 4.96. The van der Waals surface area contributed by atoms with Crippen LogP contribution in [0, 0.1) is 0 Å². The highest BCUT2D eigenvalue weighted by Gasteiger charge is 2.24. The Hall–Kier alpha value is -2.19. The van der Waals surface area contributed by atoms with E-state index in [0.717, 1.165) is 12.8 Å². The van der Waals surface area contributed by atoms with Gasteiger partial charge in [0.1, 0.15) is 5.82 Å². The summed E-state index contributed by atoms with van der Waals surface area (Å²) in [4.78, 5) is 16.4. The monoisotopic (exact) mass is 348 g/mol. The van der Waals surface area contributed by atoms with Crippen molar-refractivity contribution in [3.05, 3.63) is 48.4 Å². The molecule has 0 radical (unpaired) electrons. The fraction of sp³-hybridized carbons (Fsp3) is 0.375. The van der Waals surface area contributed by atoms with Gasteiger partial charge in [-0.2, -0.15) is 0 Å². The summed E-state index contributed by atoms with van der Waals surface area (Å²) >= 11 is 0. The molecule has 7 nitrogen and oxygen atoms in total. The van der Waals surface area contributed by atoms with E-state index in [-0.39, 0.29) is 18.2 Å². The second kappa shape index (κ2) is 7.14.